The largest absolute Gasteiger partial charge is 1.00 e. The Balaban J connectivity index is 0. The summed E-state index contributed by atoms with van der Waals surface area (Å²) in [5.41, 5.74) is 3.27. The van der Waals surface area contributed by atoms with Crippen LogP contribution in [0, 0.1) is 18.4 Å². The van der Waals surface area contributed by atoms with E-state index in [1.165, 1.54) is 0 Å². The summed E-state index contributed by atoms with van der Waals surface area (Å²) in [7, 11) is -1.08. The number of unbranched alkanes of at least 4 members (excludes halogenated alkanes) is 1. The Labute approximate surface area is 78.0 Å². The van der Waals surface area contributed by atoms with Crippen molar-refractivity contribution < 1.29 is 18.9 Å². The predicted molar refractivity (Wildman–Crippen MR) is 45.7 cm³/mol. The molecule has 0 fully saturated rings. The molecule has 0 nitrogen and oxygen atoms in total. The Kier molecular flexibility index (Phi) is 7.94. The monoisotopic (exact) mass is 146 g/mol. The van der Waals surface area contributed by atoms with E-state index in [-0.39, 0.29) is 18.9 Å². The summed E-state index contributed by atoms with van der Waals surface area (Å²) in [5.74, 6) is 3.12. The van der Waals surface area contributed by atoms with Gasteiger partial charge in [0.1, 0.15) is 8.07 Å². The van der Waals surface area contributed by atoms with Gasteiger partial charge in [-0.25, -0.2) is 0 Å². The summed E-state index contributed by atoms with van der Waals surface area (Å²) in [6.45, 7) is 10.5. The first-order chi connectivity index (χ1) is 4.06. The maximum absolute atomic E-state index is 3.72. The van der Waals surface area contributed by atoms with Crippen molar-refractivity contribution in [1.82, 2.24) is 0 Å². The van der Waals surface area contributed by atoms with E-state index in [2.05, 4.69) is 38.0 Å². The zero-order chi connectivity index (χ0) is 7.33. The Morgan fingerprint density at radius 3 is 2.10 bits per heavy atom. The topological polar surface area (TPSA) is 0 Å². The minimum absolute atomic E-state index is 0. The third-order valence-electron chi connectivity index (χ3n) is 0.765. The van der Waals surface area contributed by atoms with Crippen LogP contribution in [-0.4, -0.2) is 8.07 Å². The van der Waals surface area contributed by atoms with Gasteiger partial charge in [0, 0.05) is 0 Å². The molecule has 0 N–H and O–H groups in total. The number of hydrogen-bond acceptors (Lipinski definition) is 0. The van der Waals surface area contributed by atoms with Crippen LogP contribution >= 0.6 is 0 Å². The van der Waals surface area contributed by atoms with Crippen LogP contribution in [0.1, 0.15) is 12.8 Å². The number of rotatable bonds is 1. The molecule has 52 valence electrons. The molecule has 0 saturated heterocycles. The maximum atomic E-state index is 3.72. The molecule has 0 spiro atoms. The normalized spacial score (nSPS) is 9.20. The van der Waals surface area contributed by atoms with E-state index in [0.717, 1.165) is 12.8 Å². The van der Waals surface area contributed by atoms with Crippen LogP contribution in [-0.2, 0) is 0 Å². The zero-order valence-corrected chi connectivity index (χ0v) is 8.62. The SMILES string of the molecule is [CH2-]CCC#C[Si](C)(C)C.[Li+]. The van der Waals surface area contributed by atoms with Crippen LogP contribution in [0.5, 0.6) is 0 Å². The standard InChI is InChI=1S/C8H15Si.Li/c1-5-6-7-8-9(2,3)4;/h1,5-6H2,2-4H3;/q-1;+1. The minimum Gasteiger partial charge on any atom is -0.342 e. The van der Waals surface area contributed by atoms with Crippen molar-refractivity contribution in [3.8, 4) is 11.5 Å². The van der Waals surface area contributed by atoms with Gasteiger partial charge in [-0.1, -0.05) is 19.6 Å². The third-order valence-corrected chi connectivity index (χ3v) is 1.69. The Morgan fingerprint density at radius 1 is 1.30 bits per heavy atom. The fourth-order valence-electron chi connectivity index (χ4n) is 0.416. The molecule has 0 aromatic carbocycles. The van der Waals surface area contributed by atoms with Gasteiger partial charge in [-0.3, -0.25) is 0 Å². The zero-order valence-electron chi connectivity index (χ0n) is 7.62. The molecule has 0 saturated carbocycles. The van der Waals surface area contributed by atoms with Gasteiger partial charge in [0.2, 0.25) is 0 Å². The summed E-state index contributed by atoms with van der Waals surface area (Å²) in [4.78, 5) is 0. The predicted octanol–water partition coefficient (Wildman–Crippen LogP) is -0.515. The average molecular weight is 146 g/mol. The summed E-state index contributed by atoms with van der Waals surface area (Å²) < 4.78 is 0. The van der Waals surface area contributed by atoms with Crippen LogP contribution in [0.15, 0.2) is 0 Å². The summed E-state index contributed by atoms with van der Waals surface area (Å²) >= 11 is 0. The van der Waals surface area contributed by atoms with Crippen LogP contribution in [0.4, 0.5) is 0 Å². The first-order valence-electron chi connectivity index (χ1n) is 3.35. The molecule has 2 heteroatoms. The van der Waals surface area contributed by atoms with Gasteiger partial charge in [0.25, 0.3) is 0 Å². The molecule has 0 aromatic rings. The minimum atomic E-state index is -1.08. The quantitative estimate of drug-likeness (QED) is 0.265. The van der Waals surface area contributed by atoms with Crippen molar-refractivity contribution in [3.05, 3.63) is 6.92 Å². The molecule has 0 aliphatic rings. The molecule has 0 aromatic heterocycles. The molecule has 0 rings (SSSR count). The first-order valence-corrected chi connectivity index (χ1v) is 6.85. The molecule has 0 amide bonds. The molecule has 0 aliphatic carbocycles. The van der Waals surface area contributed by atoms with E-state index in [0.29, 0.717) is 0 Å². The van der Waals surface area contributed by atoms with Gasteiger partial charge in [0.05, 0.1) is 0 Å². The van der Waals surface area contributed by atoms with E-state index < -0.39 is 8.07 Å². The Morgan fingerprint density at radius 2 is 1.80 bits per heavy atom. The second kappa shape index (κ2) is 6.11. The van der Waals surface area contributed by atoms with Gasteiger partial charge < -0.3 is 6.92 Å². The van der Waals surface area contributed by atoms with Crippen molar-refractivity contribution >= 4 is 8.07 Å². The second-order valence-electron chi connectivity index (χ2n) is 3.16. The Bertz CT molecular complexity index is 124. The summed E-state index contributed by atoms with van der Waals surface area (Å²) in [6.07, 6.45) is 1.90. The molecule has 0 radical (unpaired) electrons. The van der Waals surface area contributed by atoms with E-state index in [4.69, 9.17) is 0 Å². The molecule has 0 unspecified atom stereocenters. The smallest absolute Gasteiger partial charge is 0.342 e. The van der Waals surface area contributed by atoms with Gasteiger partial charge in [0.15, 0.2) is 0 Å². The van der Waals surface area contributed by atoms with Gasteiger partial charge in [-0.15, -0.1) is 11.5 Å². The molecule has 0 bridgehead atoms. The van der Waals surface area contributed by atoms with Crippen molar-refractivity contribution in [2.75, 3.05) is 0 Å². The summed E-state index contributed by atoms with van der Waals surface area (Å²) in [6, 6.07) is 0. The molecule has 10 heavy (non-hydrogen) atoms. The van der Waals surface area contributed by atoms with Crippen LogP contribution in [0.2, 0.25) is 19.6 Å². The van der Waals surface area contributed by atoms with Crippen molar-refractivity contribution in [2.45, 2.75) is 32.5 Å². The van der Waals surface area contributed by atoms with Crippen molar-refractivity contribution in [1.29, 1.82) is 0 Å². The molecule has 0 heterocycles. The molecular weight excluding hydrogens is 131 g/mol. The van der Waals surface area contributed by atoms with E-state index in [1.807, 2.05) is 0 Å². The van der Waals surface area contributed by atoms with Crippen molar-refractivity contribution in [3.63, 3.8) is 0 Å². The summed E-state index contributed by atoms with van der Waals surface area (Å²) in [5, 5.41) is 0. The fourth-order valence-corrected chi connectivity index (χ4v) is 1.07. The van der Waals surface area contributed by atoms with E-state index in [9.17, 15) is 0 Å². The van der Waals surface area contributed by atoms with Gasteiger partial charge in [-0.05, 0) is 6.42 Å². The van der Waals surface area contributed by atoms with Gasteiger partial charge in [-0.2, -0.15) is 6.42 Å². The van der Waals surface area contributed by atoms with Gasteiger partial charge >= 0.3 is 18.9 Å². The molecular formula is C8H15LiSi. The van der Waals surface area contributed by atoms with Crippen molar-refractivity contribution in [2.24, 2.45) is 0 Å². The second-order valence-corrected chi connectivity index (χ2v) is 7.91. The maximum Gasteiger partial charge on any atom is 1.00 e. The first kappa shape index (κ1) is 13.0. The third kappa shape index (κ3) is 11.2. The number of hydrogen-bond donors (Lipinski definition) is 0. The molecule has 0 aliphatic heterocycles. The van der Waals surface area contributed by atoms with Crippen LogP contribution in [0.25, 0.3) is 0 Å². The Hall–Kier alpha value is 0.374. The molecule has 0 atom stereocenters. The average Bonchev–Trinajstić information content (AvgIpc) is 1.63. The fraction of sp³-hybridized carbons (Fsp3) is 0.625. The van der Waals surface area contributed by atoms with E-state index in [1.54, 1.807) is 0 Å². The van der Waals surface area contributed by atoms with E-state index >= 15 is 0 Å². The van der Waals surface area contributed by atoms with Crippen LogP contribution < -0.4 is 18.9 Å². The van der Waals surface area contributed by atoms with Crippen LogP contribution in [0.3, 0.4) is 0 Å².